The molecule has 0 aliphatic heterocycles. The van der Waals surface area contributed by atoms with Gasteiger partial charge < -0.3 is 10.4 Å². The molecule has 1 aromatic heterocycles. The summed E-state index contributed by atoms with van der Waals surface area (Å²) in [7, 11) is 0. The highest BCUT2D eigenvalue weighted by atomic mass is 32.1. The third kappa shape index (κ3) is 4.13. The standard InChI is InChI=1S/C15H20N2OS/c1-11-15(19-12(2)17-11)9-16-14(10-18)8-13-6-4-3-5-7-13/h3-7,14,16,18H,8-10H2,1-2H3/t14-/m0/s1. The van der Waals surface area contributed by atoms with Gasteiger partial charge in [-0.3, -0.25) is 0 Å². The lowest BCUT2D eigenvalue weighted by atomic mass is 10.1. The normalized spacial score (nSPS) is 12.6. The van der Waals surface area contributed by atoms with E-state index in [2.05, 4.69) is 22.4 Å². The van der Waals surface area contributed by atoms with E-state index >= 15 is 0 Å². The minimum Gasteiger partial charge on any atom is -0.395 e. The van der Waals surface area contributed by atoms with Gasteiger partial charge in [0.2, 0.25) is 0 Å². The van der Waals surface area contributed by atoms with Crippen LogP contribution in [0.1, 0.15) is 21.1 Å². The number of hydrogen-bond donors (Lipinski definition) is 2. The molecule has 2 rings (SSSR count). The van der Waals surface area contributed by atoms with Gasteiger partial charge in [0.05, 0.1) is 17.3 Å². The molecule has 0 aliphatic carbocycles. The van der Waals surface area contributed by atoms with Crippen molar-refractivity contribution in [2.45, 2.75) is 32.9 Å². The van der Waals surface area contributed by atoms with Crippen LogP contribution in [0.5, 0.6) is 0 Å². The number of aryl methyl sites for hydroxylation is 2. The predicted molar refractivity (Wildman–Crippen MR) is 79.4 cm³/mol. The van der Waals surface area contributed by atoms with E-state index in [9.17, 15) is 5.11 Å². The number of aliphatic hydroxyl groups is 1. The number of thiazole rings is 1. The first-order valence-electron chi connectivity index (χ1n) is 6.50. The van der Waals surface area contributed by atoms with Crippen molar-refractivity contribution in [3.05, 3.63) is 51.5 Å². The number of benzene rings is 1. The topological polar surface area (TPSA) is 45.2 Å². The van der Waals surface area contributed by atoms with Crippen molar-refractivity contribution >= 4 is 11.3 Å². The Hall–Kier alpha value is -1.23. The monoisotopic (exact) mass is 276 g/mol. The van der Waals surface area contributed by atoms with Crippen LogP contribution in [0.15, 0.2) is 30.3 Å². The number of rotatable bonds is 6. The van der Waals surface area contributed by atoms with Crippen LogP contribution in [0.4, 0.5) is 0 Å². The Kier molecular flexibility index (Phi) is 5.07. The SMILES string of the molecule is Cc1nc(C)c(CN[C@H](CO)Cc2ccccc2)s1. The van der Waals surface area contributed by atoms with Crippen molar-refractivity contribution in [2.75, 3.05) is 6.61 Å². The summed E-state index contributed by atoms with van der Waals surface area (Å²) in [4.78, 5) is 5.67. The molecule has 2 aromatic rings. The van der Waals surface area contributed by atoms with Crippen LogP contribution >= 0.6 is 11.3 Å². The van der Waals surface area contributed by atoms with Gasteiger partial charge in [0.1, 0.15) is 0 Å². The average Bonchev–Trinajstić information content (AvgIpc) is 2.74. The Labute approximate surface area is 118 Å². The van der Waals surface area contributed by atoms with E-state index in [4.69, 9.17) is 0 Å². The second-order valence-electron chi connectivity index (χ2n) is 4.69. The van der Waals surface area contributed by atoms with Gasteiger partial charge in [-0.15, -0.1) is 11.3 Å². The molecule has 19 heavy (non-hydrogen) atoms. The van der Waals surface area contributed by atoms with Gasteiger partial charge in [-0.2, -0.15) is 0 Å². The molecule has 1 atom stereocenters. The Balaban J connectivity index is 1.91. The maximum absolute atomic E-state index is 9.47. The summed E-state index contributed by atoms with van der Waals surface area (Å²) in [6.45, 7) is 4.97. The maximum Gasteiger partial charge on any atom is 0.0900 e. The summed E-state index contributed by atoms with van der Waals surface area (Å²) in [5.74, 6) is 0. The summed E-state index contributed by atoms with van der Waals surface area (Å²) in [5.41, 5.74) is 2.33. The fourth-order valence-electron chi connectivity index (χ4n) is 2.07. The fourth-order valence-corrected chi connectivity index (χ4v) is 2.96. The molecule has 4 heteroatoms. The molecule has 0 saturated carbocycles. The zero-order valence-corrected chi connectivity index (χ0v) is 12.2. The van der Waals surface area contributed by atoms with Crippen molar-refractivity contribution in [2.24, 2.45) is 0 Å². The summed E-state index contributed by atoms with van der Waals surface area (Å²) in [6, 6.07) is 10.3. The lowest BCUT2D eigenvalue weighted by Gasteiger charge is -2.16. The van der Waals surface area contributed by atoms with Gasteiger partial charge in [0.15, 0.2) is 0 Å². The van der Waals surface area contributed by atoms with Crippen LogP contribution in [0, 0.1) is 13.8 Å². The molecule has 0 unspecified atom stereocenters. The molecule has 0 amide bonds. The number of nitrogens with zero attached hydrogens (tertiary/aromatic N) is 1. The van der Waals surface area contributed by atoms with Crippen LogP contribution in [-0.2, 0) is 13.0 Å². The van der Waals surface area contributed by atoms with E-state index in [0.717, 1.165) is 23.7 Å². The zero-order valence-electron chi connectivity index (χ0n) is 11.4. The summed E-state index contributed by atoms with van der Waals surface area (Å²) in [5, 5.41) is 14.0. The summed E-state index contributed by atoms with van der Waals surface area (Å²) >= 11 is 1.72. The number of nitrogens with one attached hydrogen (secondary N) is 1. The van der Waals surface area contributed by atoms with Gasteiger partial charge in [0.25, 0.3) is 0 Å². The molecule has 1 aromatic carbocycles. The molecule has 3 nitrogen and oxygen atoms in total. The summed E-state index contributed by atoms with van der Waals surface area (Å²) in [6.07, 6.45) is 0.841. The first-order chi connectivity index (χ1) is 9.19. The van der Waals surface area contributed by atoms with E-state index in [1.807, 2.05) is 32.0 Å². The van der Waals surface area contributed by atoms with Crippen molar-refractivity contribution in [3.63, 3.8) is 0 Å². The third-order valence-corrected chi connectivity index (χ3v) is 4.17. The Morgan fingerprint density at radius 1 is 1.26 bits per heavy atom. The molecule has 0 bridgehead atoms. The minimum absolute atomic E-state index is 0.0872. The molecule has 0 spiro atoms. The van der Waals surface area contributed by atoms with E-state index in [1.54, 1.807) is 11.3 Å². The second-order valence-corrected chi connectivity index (χ2v) is 5.98. The maximum atomic E-state index is 9.47. The molecule has 1 heterocycles. The quantitative estimate of drug-likeness (QED) is 0.852. The van der Waals surface area contributed by atoms with Crippen molar-refractivity contribution in [3.8, 4) is 0 Å². The average molecular weight is 276 g/mol. The van der Waals surface area contributed by atoms with E-state index in [0.29, 0.717) is 0 Å². The van der Waals surface area contributed by atoms with Crippen LogP contribution in [0.3, 0.4) is 0 Å². The predicted octanol–water partition coefficient (Wildman–Crippen LogP) is 2.45. The van der Waals surface area contributed by atoms with Crippen molar-refractivity contribution in [1.29, 1.82) is 0 Å². The fraction of sp³-hybridized carbons (Fsp3) is 0.400. The first kappa shape index (κ1) is 14.2. The highest BCUT2D eigenvalue weighted by Gasteiger charge is 2.10. The van der Waals surface area contributed by atoms with Crippen LogP contribution in [-0.4, -0.2) is 22.7 Å². The van der Waals surface area contributed by atoms with Gasteiger partial charge >= 0.3 is 0 Å². The highest BCUT2D eigenvalue weighted by molar-refractivity contribution is 7.11. The third-order valence-electron chi connectivity index (χ3n) is 3.10. The number of aromatic nitrogens is 1. The van der Waals surface area contributed by atoms with E-state index < -0.39 is 0 Å². The van der Waals surface area contributed by atoms with E-state index in [1.165, 1.54) is 10.4 Å². The Morgan fingerprint density at radius 3 is 2.58 bits per heavy atom. The minimum atomic E-state index is 0.0872. The number of aliphatic hydroxyl groups excluding tert-OH is 1. The molecular formula is C15H20N2OS. The molecule has 0 fully saturated rings. The Bertz CT molecular complexity index is 510. The molecule has 0 radical (unpaired) electrons. The second kappa shape index (κ2) is 6.80. The smallest absolute Gasteiger partial charge is 0.0900 e. The lowest BCUT2D eigenvalue weighted by Crippen LogP contribution is -2.33. The van der Waals surface area contributed by atoms with Gasteiger partial charge in [-0.25, -0.2) is 4.98 Å². The lowest BCUT2D eigenvalue weighted by molar-refractivity contribution is 0.241. The van der Waals surface area contributed by atoms with Gasteiger partial charge in [-0.1, -0.05) is 30.3 Å². The van der Waals surface area contributed by atoms with Crippen LogP contribution in [0.2, 0.25) is 0 Å². The molecule has 0 aliphatic rings. The molecule has 2 N–H and O–H groups in total. The van der Waals surface area contributed by atoms with Crippen molar-refractivity contribution in [1.82, 2.24) is 10.3 Å². The van der Waals surface area contributed by atoms with Gasteiger partial charge in [-0.05, 0) is 25.8 Å². The zero-order chi connectivity index (χ0) is 13.7. The molecule has 0 saturated heterocycles. The number of hydrogen-bond acceptors (Lipinski definition) is 4. The summed E-state index contributed by atoms with van der Waals surface area (Å²) < 4.78 is 0. The molecule has 102 valence electrons. The largest absolute Gasteiger partial charge is 0.395 e. The Morgan fingerprint density at radius 2 is 2.00 bits per heavy atom. The van der Waals surface area contributed by atoms with Gasteiger partial charge in [0, 0.05) is 17.5 Å². The van der Waals surface area contributed by atoms with Crippen molar-refractivity contribution < 1.29 is 5.11 Å². The highest BCUT2D eigenvalue weighted by Crippen LogP contribution is 2.17. The molecular weight excluding hydrogens is 256 g/mol. The van der Waals surface area contributed by atoms with E-state index in [-0.39, 0.29) is 12.6 Å². The van der Waals surface area contributed by atoms with Crippen LogP contribution < -0.4 is 5.32 Å². The van der Waals surface area contributed by atoms with Crippen LogP contribution in [0.25, 0.3) is 0 Å². The first-order valence-corrected chi connectivity index (χ1v) is 7.31.